The Bertz CT molecular complexity index is 1900. The topological polar surface area (TPSA) is 419 Å². The molecule has 2 amide bonds. The molecule has 5 aliphatic rings. The summed E-state index contributed by atoms with van der Waals surface area (Å²) in [5.41, 5.74) is -3.51. The van der Waals surface area contributed by atoms with Crippen molar-refractivity contribution in [2.45, 2.75) is 246 Å². The van der Waals surface area contributed by atoms with E-state index in [1.165, 1.54) is 20.8 Å². The van der Waals surface area contributed by atoms with Crippen LogP contribution < -0.4 is 10.6 Å². The molecule has 29 nitrogen and oxygen atoms in total. The maximum atomic E-state index is 12.7. The number of rotatable bonds is 19. The fourth-order valence-electron chi connectivity index (χ4n) is 8.82. The third-order valence-corrected chi connectivity index (χ3v) is 12.1. The molecule has 0 aromatic heterocycles. The lowest BCUT2D eigenvalue weighted by Crippen LogP contribution is -2.69. The van der Waals surface area contributed by atoms with Crippen LogP contribution in [0.15, 0.2) is 0 Å². The highest BCUT2D eigenvalue weighted by molar-refractivity contribution is 5.77. The van der Waals surface area contributed by atoms with Crippen molar-refractivity contribution in [1.29, 1.82) is 0 Å². The molecule has 10 unspecified atom stereocenters. The smallest absolute Gasteiger partial charge is 0.295 e. The number of nitrogens with one attached hydrogen (secondary N) is 2. The van der Waals surface area contributed by atoms with Crippen LogP contribution in [-0.4, -0.2) is 253 Å². The van der Waals surface area contributed by atoms with E-state index in [0.29, 0.717) is 0 Å². The first-order valence-electron chi connectivity index (χ1n) is 23.8. The minimum absolute atomic E-state index is 0.113. The zero-order valence-electron chi connectivity index (χ0n) is 42.3. The lowest BCUT2D eigenvalue weighted by molar-refractivity contribution is -0.402. The summed E-state index contributed by atoms with van der Waals surface area (Å²) in [5, 5.41) is 106. The minimum Gasteiger partial charge on any atom is -0.435 e. The second-order valence-electron chi connectivity index (χ2n) is 21.2. The summed E-state index contributed by atoms with van der Waals surface area (Å²) in [4.78, 5) is 74.0. The van der Waals surface area contributed by atoms with Crippen molar-refractivity contribution >= 4 is 37.1 Å². The molecule has 5 aliphatic heterocycles. The number of hydrogen-bond acceptors (Lipinski definition) is 27. The number of aliphatic hydroxyl groups excluding tert-OH is 8. The SMILES string of the molecule is CC(=O)NC1[C@H](OC(C)(C)C)OC(C=O)[C@H](O)[C@@H]1O[C@@H]1OC(C=O)[C@H](O[C@@H]2OC(C=O)[C@H](OC(C)(C)C)[C@H](O[C@@H]3OC(OC=O)[C@H](O[C@@H]4OC(C)[C@H](NC(=O)CC(C)(C)O)[C@H](O)C4O)[C@H](O)C3O)C2O)[C@H](O)C1O. The number of hydrogen-bond donors (Lipinski definition) is 11. The van der Waals surface area contributed by atoms with Gasteiger partial charge in [0.05, 0.1) is 35.4 Å². The van der Waals surface area contributed by atoms with Crippen molar-refractivity contribution in [3.63, 3.8) is 0 Å². The number of amides is 2. The van der Waals surface area contributed by atoms with Crippen LogP contribution in [0.2, 0.25) is 0 Å². The molecule has 0 aromatic carbocycles. The highest BCUT2D eigenvalue weighted by Crippen LogP contribution is 2.37. The fraction of sp³-hybridized carbons (Fsp3) is 0.867. The van der Waals surface area contributed by atoms with Gasteiger partial charge >= 0.3 is 0 Å². The fourth-order valence-corrected chi connectivity index (χ4v) is 8.82. The Morgan fingerprint density at radius 1 is 0.486 bits per heavy atom. The zero-order valence-corrected chi connectivity index (χ0v) is 42.3. The van der Waals surface area contributed by atoms with Crippen LogP contribution in [0.3, 0.4) is 0 Å². The molecule has 0 spiro atoms. The lowest BCUT2D eigenvalue weighted by atomic mass is 9.94. The Hall–Kier alpha value is -3.38. The van der Waals surface area contributed by atoms with Crippen molar-refractivity contribution in [2.24, 2.45) is 0 Å². The molecular formula is C45H72N2O27. The van der Waals surface area contributed by atoms with E-state index in [1.54, 1.807) is 41.5 Å². The summed E-state index contributed by atoms with van der Waals surface area (Å²) < 4.78 is 69.0. The highest BCUT2D eigenvalue weighted by atomic mass is 16.8. The molecule has 5 rings (SSSR count). The predicted octanol–water partition coefficient (Wildman–Crippen LogP) is -6.06. The average molecular weight is 1070 g/mol. The van der Waals surface area contributed by atoms with Crippen molar-refractivity contribution < 1.29 is 132 Å². The van der Waals surface area contributed by atoms with Crippen LogP contribution in [0.1, 0.15) is 75.7 Å². The molecule has 0 aromatic rings. The van der Waals surface area contributed by atoms with Gasteiger partial charge in [-0.1, -0.05) is 0 Å². The van der Waals surface area contributed by atoms with E-state index >= 15 is 0 Å². The molecule has 0 aliphatic carbocycles. The summed E-state index contributed by atoms with van der Waals surface area (Å²) in [6.45, 7) is 14.7. The van der Waals surface area contributed by atoms with Gasteiger partial charge in [-0.3, -0.25) is 14.4 Å². The Kier molecular flexibility index (Phi) is 20.7. The van der Waals surface area contributed by atoms with Crippen LogP contribution in [0.4, 0.5) is 0 Å². The van der Waals surface area contributed by atoms with Gasteiger partial charge in [-0.2, -0.15) is 0 Å². The standard InChI is InChI=1S/C45H72N2O27/c1-16-22(47-21(53)11-45(9,10)62)25(55)28(58)38(64-16)71-36-27(57)30(60)40(72-42(36)63-15-51)70-35-31(61)41(67-20(14-50)33(35)73-43(3,4)5)68-32-19(13-49)66-39(29(59)26(32)56)69-34-23(46-17(2)52)37(74-44(6,7)8)65-18(12-48)24(34)54/h12-16,18-20,22-42,54-62H,11H2,1-10H3,(H,46,52)(H,47,53)/t16?,18?,19?,20?,22-,23?,24-,25-,26+,27+,28?,29?,30?,31?,32-,33-,34+,35+,36+,37-,38-,39-,40+,41-,42?/m0/s1. The van der Waals surface area contributed by atoms with Crippen molar-refractivity contribution in [3.8, 4) is 0 Å². The van der Waals surface area contributed by atoms with Gasteiger partial charge in [0.25, 0.3) is 6.47 Å². The van der Waals surface area contributed by atoms with Gasteiger partial charge in [-0.25, -0.2) is 0 Å². The van der Waals surface area contributed by atoms with E-state index in [0.717, 1.165) is 6.92 Å². The Morgan fingerprint density at radius 2 is 0.946 bits per heavy atom. The molecule has 0 saturated carbocycles. The third-order valence-electron chi connectivity index (χ3n) is 12.1. The lowest BCUT2D eigenvalue weighted by Gasteiger charge is -2.50. The van der Waals surface area contributed by atoms with Gasteiger partial charge in [0.15, 0.2) is 56.4 Å². The molecule has 5 saturated heterocycles. The summed E-state index contributed by atoms with van der Waals surface area (Å²) in [6, 6.07) is -2.61. The van der Waals surface area contributed by atoms with Gasteiger partial charge < -0.3 is 128 Å². The second-order valence-corrected chi connectivity index (χ2v) is 21.2. The first-order chi connectivity index (χ1) is 34.3. The van der Waals surface area contributed by atoms with Crippen molar-refractivity contribution in [2.75, 3.05) is 0 Å². The van der Waals surface area contributed by atoms with Gasteiger partial charge in [-0.15, -0.1) is 0 Å². The van der Waals surface area contributed by atoms with Crippen LogP contribution in [0, 0.1) is 0 Å². The molecule has 11 N–H and O–H groups in total. The normalized spacial score (nSPS) is 43.4. The third kappa shape index (κ3) is 15.0. The quantitative estimate of drug-likeness (QED) is 0.0536. The summed E-state index contributed by atoms with van der Waals surface area (Å²) in [6.07, 6.45) is -43.3. The summed E-state index contributed by atoms with van der Waals surface area (Å²) >= 11 is 0. The van der Waals surface area contributed by atoms with E-state index < -0.39 is 182 Å². The van der Waals surface area contributed by atoms with E-state index in [-0.39, 0.29) is 31.8 Å². The minimum atomic E-state index is -2.21. The van der Waals surface area contributed by atoms with Crippen molar-refractivity contribution in [1.82, 2.24) is 10.6 Å². The Labute approximate surface area is 424 Å². The summed E-state index contributed by atoms with van der Waals surface area (Å²) in [7, 11) is 0. The van der Waals surface area contributed by atoms with E-state index in [1.807, 2.05) is 0 Å². The zero-order chi connectivity index (χ0) is 55.5. The maximum absolute atomic E-state index is 12.7. The van der Waals surface area contributed by atoms with E-state index in [2.05, 4.69) is 10.6 Å². The monoisotopic (exact) mass is 1070 g/mol. The summed E-state index contributed by atoms with van der Waals surface area (Å²) in [5.74, 6) is -1.35. The number of carbonyl (C=O) groups excluding carboxylic acids is 6. The maximum Gasteiger partial charge on any atom is 0.295 e. The number of aldehydes is 3. The first kappa shape index (κ1) is 61.5. The highest BCUT2D eigenvalue weighted by Gasteiger charge is 2.58. The second kappa shape index (κ2) is 25.0. The van der Waals surface area contributed by atoms with Gasteiger partial charge in [0.2, 0.25) is 18.1 Å². The Morgan fingerprint density at radius 3 is 1.47 bits per heavy atom. The van der Waals surface area contributed by atoms with Crippen LogP contribution in [0.25, 0.3) is 0 Å². The molecule has 25 atom stereocenters. The average Bonchev–Trinajstić information content (AvgIpc) is 3.28. The number of aliphatic hydroxyl groups is 9. The molecular weight excluding hydrogens is 1000 g/mol. The van der Waals surface area contributed by atoms with E-state index in [4.69, 9.17) is 56.8 Å². The van der Waals surface area contributed by atoms with E-state index in [9.17, 15) is 74.7 Å². The van der Waals surface area contributed by atoms with Gasteiger partial charge in [0, 0.05) is 6.92 Å². The Balaban J connectivity index is 1.36. The molecule has 0 bridgehead atoms. The van der Waals surface area contributed by atoms with Crippen LogP contribution in [-0.2, 0) is 85.6 Å². The molecule has 74 heavy (non-hydrogen) atoms. The van der Waals surface area contributed by atoms with Gasteiger partial charge in [-0.05, 0) is 62.3 Å². The molecule has 0 radical (unpaired) electrons. The predicted molar refractivity (Wildman–Crippen MR) is 238 cm³/mol. The molecule has 29 heteroatoms. The molecule has 5 fully saturated rings. The van der Waals surface area contributed by atoms with Crippen LogP contribution in [0.5, 0.6) is 0 Å². The number of ether oxygens (including phenoxy) is 12. The number of carbonyl (C=O) groups is 6. The van der Waals surface area contributed by atoms with Gasteiger partial charge in [0.1, 0.15) is 97.6 Å². The first-order valence-corrected chi connectivity index (χ1v) is 23.8. The molecule has 5 heterocycles. The van der Waals surface area contributed by atoms with Crippen molar-refractivity contribution in [3.05, 3.63) is 0 Å². The van der Waals surface area contributed by atoms with Crippen LogP contribution >= 0.6 is 0 Å². The molecule has 424 valence electrons. The largest absolute Gasteiger partial charge is 0.435 e.